The molecule has 0 radical (unpaired) electrons. The number of hydrogen-bond acceptors (Lipinski definition) is 4. The van der Waals surface area contributed by atoms with Gasteiger partial charge in [0.15, 0.2) is 5.69 Å². The first kappa shape index (κ1) is 15.7. The molecule has 20 heavy (non-hydrogen) atoms. The van der Waals surface area contributed by atoms with Crippen molar-refractivity contribution in [3.63, 3.8) is 0 Å². The summed E-state index contributed by atoms with van der Waals surface area (Å²) in [6, 6.07) is 0.139. The van der Waals surface area contributed by atoms with Gasteiger partial charge in [0.05, 0.1) is 16.0 Å². The molecule has 2 heterocycles. The van der Waals surface area contributed by atoms with Crippen molar-refractivity contribution < 1.29 is 17.9 Å². The summed E-state index contributed by atoms with van der Waals surface area (Å²) < 4.78 is 44.4. The predicted molar refractivity (Wildman–Crippen MR) is 71.8 cm³/mol. The van der Waals surface area contributed by atoms with Gasteiger partial charge in [-0.15, -0.1) is 11.3 Å². The van der Waals surface area contributed by atoms with Crippen LogP contribution in [-0.4, -0.2) is 23.7 Å². The minimum Gasteiger partial charge on any atom is -0.378 e. The average Bonchev–Trinajstić information content (AvgIpc) is 2.95. The lowest BCUT2D eigenvalue weighted by Crippen LogP contribution is -2.23. The van der Waals surface area contributed by atoms with Crippen LogP contribution < -0.4 is 5.32 Å². The Morgan fingerprint density at radius 1 is 1.45 bits per heavy atom. The maximum Gasteiger partial charge on any atom is 0.434 e. The highest BCUT2D eigenvalue weighted by atomic mass is 32.1. The lowest BCUT2D eigenvalue weighted by atomic mass is 10.2. The molecule has 3 nitrogen and oxygen atoms in total. The Morgan fingerprint density at radius 2 is 2.20 bits per heavy atom. The Labute approximate surface area is 120 Å². The fraction of sp³-hybridized carbons (Fsp3) is 0.769. The number of nitrogens with one attached hydrogen (secondary N) is 1. The molecule has 0 saturated carbocycles. The number of ether oxygens (including phenoxy) is 1. The third-order valence-electron chi connectivity index (χ3n) is 3.11. The van der Waals surface area contributed by atoms with Gasteiger partial charge in [0, 0.05) is 25.6 Å². The highest BCUT2D eigenvalue weighted by Gasteiger charge is 2.37. The molecule has 7 heteroatoms. The predicted octanol–water partition coefficient (Wildman–Crippen LogP) is 3.38. The van der Waals surface area contributed by atoms with E-state index in [1.807, 2.05) is 13.8 Å². The number of hydrogen-bond donors (Lipinski definition) is 1. The summed E-state index contributed by atoms with van der Waals surface area (Å²) in [6.45, 7) is 4.71. The zero-order valence-corrected chi connectivity index (χ0v) is 12.4. The molecule has 1 N–H and O–H groups in total. The van der Waals surface area contributed by atoms with E-state index in [9.17, 15) is 13.2 Å². The minimum absolute atomic E-state index is 0.0214. The van der Waals surface area contributed by atoms with Crippen LogP contribution in [0.25, 0.3) is 0 Å². The van der Waals surface area contributed by atoms with Gasteiger partial charge in [0.25, 0.3) is 0 Å². The molecule has 1 fully saturated rings. The molecule has 0 aromatic carbocycles. The van der Waals surface area contributed by atoms with Gasteiger partial charge in [-0.05, 0) is 12.8 Å². The second kappa shape index (κ2) is 6.41. The molecule has 0 bridgehead atoms. The van der Waals surface area contributed by atoms with Crippen molar-refractivity contribution >= 4 is 11.3 Å². The van der Waals surface area contributed by atoms with E-state index in [1.54, 1.807) is 0 Å². The highest BCUT2D eigenvalue weighted by Crippen LogP contribution is 2.35. The zero-order valence-electron chi connectivity index (χ0n) is 11.6. The van der Waals surface area contributed by atoms with Crippen molar-refractivity contribution in [1.82, 2.24) is 10.3 Å². The van der Waals surface area contributed by atoms with Gasteiger partial charge in [0.1, 0.15) is 0 Å². The summed E-state index contributed by atoms with van der Waals surface area (Å²) in [4.78, 5) is 4.06. The molecule has 0 spiro atoms. The molecule has 0 amide bonds. The summed E-state index contributed by atoms with van der Waals surface area (Å²) in [5, 5.41) is 3.54. The molecule has 2 rings (SSSR count). The van der Waals surface area contributed by atoms with E-state index in [-0.39, 0.29) is 23.6 Å². The van der Waals surface area contributed by atoms with E-state index in [4.69, 9.17) is 4.74 Å². The van der Waals surface area contributed by atoms with Crippen LogP contribution in [0, 0.1) is 0 Å². The Balaban J connectivity index is 2.13. The van der Waals surface area contributed by atoms with Crippen LogP contribution in [0.2, 0.25) is 0 Å². The second-order valence-corrected chi connectivity index (χ2v) is 6.42. The number of aromatic nitrogens is 1. The summed E-state index contributed by atoms with van der Waals surface area (Å²) in [6.07, 6.45) is -2.01. The fourth-order valence-corrected chi connectivity index (χ4v) is 3.23. The van der Waals surface area contributed by atoms with Gasteiger partial charge >= 0.3 is 6.18 Å². The minimum atomic E-state index is -4.39. The van der Waals surface area contributed by atoms with Crippen molar-refractivity contribution in [1.29, 1.82) is 0 Å². The van der Waals surface area contributed by atoms with Gasteiger partial charge in [-0.2, -0.15) is 13.2 Å². The van der Waals surface area contributed by atoms with Crippen molar-refractivity contribution in [2.75, 3.05) is 6.61 Å². The van der Waals surface area contributed by atoms with Crippen LogP contribution in [0.15, 0.2) is 0 Å². The number of alkyl halides is 3. The summed E-state index contributed by atoms with van der Waals surface area (Å²) in [5.41, 5.74) is -0.747. The number of thiazole rings is 1. The maximum absolute atomic E-state index is 13.0. The largest absolute Gasteiger partial charge is 0.434 e. The fourth-order valence-electron chi connectivity index (χ4n) is 2.13. The summed E-state index contributed by atoms with van der Waals surface area (Å²) in [5.74, 6) is 0. The molecule has 114 valence electrons. The molecule has 1 aliphatic rings. The molecule has 1 aliphatic heterocycles. The quantitative estimate of drug-likeness (QED) is 0.905. The molecule has 1 unspecified atom stereocenters. The maximum atomic E-state index is 13.0. The Kier molecular flexibility index (Phi) is 5.04. The van der Waals surface area contributed by atoms with Gasteiger partial charge in [-0.3, -0.25) is 0 Å². The number of nitrogens with zero attached hydrogens (tertiary/aromatic N) is 1. The van der Waals surface area contributed by atoms with Crippen molar-refractivity contribution in [2.45, 2.75) is 58.0 Å². The zero-order chi connectivity index (χ0) is 14.8. The standard InChI is InChI=1S/C13H19F3N2OS/c1-8(2)17-7-10-12(13(14,15)16)18-11(20-10)6-9-4-3-5-19-9/h8-9,17H,3-7H2,1-2H3. The number of rotatable bonds is 5. The lowest BCUT2D eigenvalue weighted by Gasteiger charge is -2.09. The van der Waals surface area contributed by atoms with Gasteiger partial charge in [-0.25, -0.2) is 4.98 Å². The third kappa shape index (κ3) is 4.17. The number of halogens is 3. The Bertz CT molecular complexity index is 439. The lowest BCUT2D eigenvalue weighted by molar-refractivity contribution is -0.141. The molecule has 1 aromatic heterocycles. The average molecular weight is 308 g/mol. The Morgan fingerprint density at radius 3 is 2.75 bits per heavy atom. The molecular formula is C13H19F3N2OS. The first-order valence-electron chi connectivity index (χ1n) is 6.77. The van der Waals surface area contributed by atoms with Crippen molar-refractivity contribution in [3.8, 4) is 0 Å². The van der Waals surface area contributed by atoms with Crippen LogP contribution in [0.3, 0.4) is 0 Å². The smallest absolute Gasteiger partial charge is 0.378 e. The molecule has 1 aromatic rings. The molecule has 0 aliphatic carbocycles. The second-order valence-electron chi connectivity index (χ2n) is 5.25. The van der Waals surface area contributed by atoms with Crippen molar-refractivity contribution in [3.05, 3.63) is 15.6 Å². The van der Waals surface area contributed by atoms with Crippen LogP contribution in [0.5, 0.6) is 0 Å². The monoisotopic (exact) mass is 308 g/mol. The van der Waals surface area contributed by atoms with E-state index < -0.39 is 11.9 Å². The van der Waals surface area contributed by atoms with E-state index in [0.717, 1.165) is 24.2 Å². The molecular weight excluding hydrogens is 289 g/mol. The third-order valence-corrected chi connectivity index (χ3v) is 4.18. The summed E-state index contributed by atoms with van der Waals surface area (Å²) in [7, 11) is 0. The topological polar surface area (TPSA) is 34.1 Å². The first-order chi connectivity index (χ1) is 9.36. The van der Waals surface area contributed by atoms with Gasteiger partial charge < -0.3 is 10.1 Å². The van der Waals surface area contributed by atoms with Crippen LogP contribution >= 0.6 is 11.3 Å². The highest BCUT2D eigenvalue weighted by molar-refractivity contribution is 7.11. The van der Waals surface area contributed by atoms with E-state index >= 15 is 0 Å². The molecule has 1 atom stereocenters. The SMILES string of the molecule is CC(C)NCc1sc(CC2CCCO2)nc1C(F)(F)F. The van der Waals surface area contributed by atoms with Gasteiger partial charge in [-0.1, -0.05) is 13.8 Å². The normalized spacial score (nSPS) is 20.0. The van der Waals surface area contributed by atoms with E-state index in [1.165, 1.54) is 0 Å². The van der Waals surface area contributed by atoms with Crippen molar-refractivity contribution in [2.24, 2.45) is 0 Å². The first-order valence-corrected chi connectivity index (χ1v) is 7.58. The van der Waals surface area contributed by atoms with Gasteiger partial charge in [0.2, 0.25) is 0 Å². The molecule has 1 saturated heterocycles. The Hall–Kier alpha value is -0.660. The van der Waals surface area contributed by atoms with Crippen LogP contribution in [-0.2, 0) is 23.9 Å². The van der Waals surface area contributed by atoms with Crippen LogP contribution in [0.4, 0.5) is 13.2 Å². The van der Waals surface area contributed by atoms with E-state index in [0.29, 0.717) is 18.0 Å². The van der Waals surface area contributed by atoms with Crippen LogP contribution in [0.1, 0.15) is 42.3 Å². The van der Waals surface area contributed by atoms with E-state index in [2.05, 4.69) is 10.3 Å². The summed E-state index contributed by atoms with van der Waals surface area (Å²) >= 11 is 1.14.